The van der Waals surface area contributed by atoms with Gasteiger partial charge in [0.05, 0.1) is 12.4 Å². The first kappa shape index (κ1) is 24.8. The van der Waals surface area contributed by atoms with Gasteiger partial charge in [-0.05, 0) is 43.9 Å². The third-order valence-electron chi connectivity index (χ3n) is 4.74. The normalized spacial score (nSPS) is 18.1. The first-order valence-electron chi connectivity index (χ1n) is 10.2. The fourth-order valence-corrected chi connectivity index (χ4v) is 4.16. The topological polar surface area (TPSA) is 105 Å². The van der Waals surface area contributed by atoms with Gasteiger partial charge in [0.1, 0.15) is 6.04 Å². The molecule has 0 spiro atoms. The highest BCUT2D eigenvalue weighted by Crippen LogP contribution is 2.24. The summed E-state index contributed by atoms with van der Waals surface area (Å²) in [6.45, 7) is 7.78. The van der Waals surface area contributed by atoms with Gasteiger partial charge in [-0.3, -0.25) is 10.1 Å². The third-order valence-corrected chi connectivity index (χ3v) is 6.23. The number of ether oxygens (including phenoxy) is 1. The number of sulfonamides is 1. The summed E-state index contributed by atoms with van der Waals surface area (Å²) in [5, 5.41) is 2.22. The van der Waals surface area contributed by atoms with E-state index in [1.807, 2.05) is 13.8 Å². The smallest absolute Gasteiger partial charge is 0.325 e. The molecule has 1 saturated heterocycles. The maximum atomic E-state index is 13.9. The molecule has 2 rings (SSSR count). The molecular weight excluding hydrogens is 425 g/mol. The molecule has 2 N–H and O–H groups in total. The highest BCUT2D eigenvalue weighted by molar-refractivity contribution is 7.89. The lowest BCUT2D eigenvalue weighted by molar-refractivity contribution is -0.120. The van der Waals surface area contributed by atoms with Crippen molar-refractivity contribution in [3.63, 3.8) is 0 Å². The van der Waals surface area contributed by atoms with Crippen LogP contribution in [0.1, 0.15) is 45.7 Å². The Morgan fingerprint density at radius 3 is 2.58 bits per heavy atom. The number of halogens is 1. The quantitative estimate of drug-likeness (QED) is 0.394. The minimum absolute atomic E-state index is 0.0961. The molecule has 0 aliphatic carbocycles. The van der Waals surface area contributed by atoms with Crippen LogP contribution in [0.2, 0.25) is 0 Å². The Morgan fingerprint density at radius 1 is 1.26 bits per heavy atom. The Balaban J connectivity index is 1.87. The van der Waals surface area contributed by atoms with Gasteiger partial charge in [-0.2, -0.15) is 0 Å². The van der Waals surface area contributed by atoms with Crippen molar-refractivity contribution in [2.75, 3.05) is 18.9 Å². The van der Waals surface area contributed by atoms with E-state index in [9.17, 15) is 22.4 Å². The summed E-state index contributed by atoms with van der Waals surface area (Å²) < 4.78 is 46.7. The summed E-state index contributed by atoms with van der Waals surface area (Å²) >= 11 is 0. The van der Waals surface area contributed by atoms with Crippen LogP contribution < -0.4 is 14.8 Å². The molecule has 8 nitrogen and oxygen atoms in total. The summed E-state index contributed by atoms with van der Waals surface area (Å²) in [5.74, 6) is -0.661. The SMILES string of the molecule is CC(C)COc1cc([C@@H](C)NS(=O)(=O)CC/C=C/CN2C(=O)NC(=O)C2C)ccc1F. The van der Waals surface area contributed by atoms with Gasteiger partial charge < -0.3 is 9.64 Å². The number of rotatable bonds is 11. The zero-order valence-electron chi connectivity index (χ0n) is 18.2. The van der Waals surface area contributed by atoms with E-state index in [1.54, 1.807) is 26.0 Å². The lowest BCUT2D eigenvalue weighted by Gasteiger charge is -2.17. The van der Waals surface area contributed by atoms with E-state index in [-0.39, 0.29) is 36.3 Å². The second-order valence-corrected chi connectivity index (χ2v) is 9.81. The van der Waals surface area contributed by atoms with Gasteiger partial charge in [0.25, 0.3) is 5.91 Å². The minimum atomic E-state index is -3.59. The number of allylic oxidation sites excluding steroid dienone is 1. The van der Waals surface area contributed by atoms with Crippen LogP contribution in [0, 0.1) is 11.7 Å². The number of nitrogens with zero attached hydrogens (tertiary/aromatic N) is 1. The standard InChI is InChI=1S/C21H30FN3O5S/c1-14(2)13-30-19-12-17(8-9-18(19)22)15(3)24-31(28,29)11-7-5-6-10-25-16(4)20(26)23-21(25)27/h5-6,8-9,12,14-16,24H,7,10-11,13H2,1-4H3,(H,23,26,27)/b6-5+/t15-,16?/m1/s1. The predicted molar refractivity (Wildman–Crippen MR) is 116 cm³/mol. The molecule has 1 aromatic carbocycles. The number of benzene rings is 1. The fraction of sp³-hybridized carbons (Fsp3) is 0.524. The van der Waals surface area contributed by atoms with Crippen molar-refractivity contribution in [2.24, 2.45) is 5.92 Å². The summed E-state index contributed by atoms with van der Waals surface area (Å²) in [4.78, 5) is 24.4. The van der Waals surface area contributed by atoms with Crippen LogP contribution in [-0.4, -0.2) is 50.2 Å². The van der Waals surface area contributed by atoms with E-state index in [4.69, 9.17) is 4.74 Å². The Kier molecular flexibility index (Phi) is 8.58. The lowest BCUT2D eigenvalue weighted by atomic mass is 10.1. The van der Waals surface area contributed by atoms with Crippen LogP contribution in [0.4, 0.5) is 9.18 Å². The van der Waals surface area contributed by atoms with Crippen molar-refractivity contribution >= 4 is 22.0 Å². The molecule has 3 amide bonds. The third kappa shape index (κ3) is 7.32. The average molecular weight is 456 g/mol. The Hall–Kier alpha value is -2.46. The molecule has 2 atom stereocenters. The van der Waals surface area contributed by atoms with Gasteiger partial charge >= 0.3 is 6.03 Å². The van der Waals surface area contributed by atoms with Crippen LogP contribution in [0.15, 0.2) is 30.4 Å². The number of hydrogen-bond donors (Lipinski definition) is 2. The zero-order valence-corrected chi connectivity index (χ0v) is 19.0. The van der Waals surface area contributed by atoms with E-state index in [0.29, 0.717) is 12.2 Å². The summed E-state index contributed by atoms with van der Waals surface area (Å²) in [6.07, 6.45) is 3.56. The summed E-state index contributed by atoms with van der Waals surface area (Å²) in [6, 6.07) is 2.73. The van der Waals surface area contributed by atoms with Crippen LogP contribution in [-0.2, 0) is 14.8 Å². The van der Waals surface area contributed by atoms with Crippen molar-refractivity contribution < 1.29 is 27.1 Å². The van der Waals surface area contributed by atoms with Crippen LogP contribution in [0.5, 0.6) is 5.75 Å². The van der Waals surface area contributed by atoms with E-state index in [0.717, 1.165) is 0 Å². The van der Waals surface area contributed by atoms with Gasteiger partial charge in [0.15, 0.2) is 11.6 Å². The van der Waals surface area contributed by atoms with Crippen LogP contribution in [0.25, 0.3) is 0 Å². The molecule has 1 fully saturated rings. The van der Waals surface area contributed by atoms with Crippen molar-refractivity contribution in [1.29, 1.82) is 0 Å². The monoisotopic (exact) mass is 455 g/mol. The van der Waals surface area contributed by atoms with Crippen molar-refractivity contribution in [2.45, 2.75) is 46.2 Å². The molecule has 172 valence electrons. The molecule has 10 heteroatoms. The van der Waals surface area contributed by atoms with Crippen molar-refractivity contribution in [3.05, 3.63) is 41.7 Å². The number of imide groups is 1. The largest absolute Gasteiger partial charge is 0.490 e. The molecule has 31 heavy (non-hydrogen) atoms. The molecule has 1 heterocycles. The van der Waals surface area contributed by atoms with Gasteiger partial charge in [0.2, 0.25) is 10.0 Å². The Labute approximate surface area is 182 Å². The second-order valence-electron chi connectivity index (χ2n) is 7.94. The Bertz CT molecular complexity index is 933. The molecule has 0 bridgehead atoms. The molecule has 0 saturated carbocycles. The number of carbonyl (C=O) groups excluding carboxylic acids is 2. The zero-order chi connectivity index (χ0) is 23.2. The number of amides is 3. The maximum absolute atomic E-state index is 13.9. The Morgan fingerprint density at radius 2 is 1.97 bits per heavy atom. The number of carbonyl (C=O) groups is 2. The number of nitrogens with one attached hydrogen (secondary N) is 2. The van der Waals surface area contributed by atoms with Crippen molar-refractivity contribution in [1.82, 2.24) is 14.9 Å². The number of urea groups is 1. The lowest BCUT2D eigenvalue weighted by Crippen LogP contribution is -2.33. The van der Waals surface area contributed by atoms with Gasteiger partial charge in [-0.1, -0.05) is 32.1 Å². The first-order chi connectivity index (χ1) is 14.5. The van der Waals surface area contributed by atoms with Gasteiger partial charge in [-0.25, -0.2) is 22.3 Å². The summed E-state index contributed by atoms with van der Waals surface area (Å²) in [7, 11) is -3.59. The van der Waals surface area contributed by atoms with E-state index in [2.05, 4.69) is 10.0 Å². The first-order valence-corrected chi connectivity index (χ1v) is 11.8. The van der Waals surface area contributed by atoms with Gasteiger partial charge in [-0.15, -0.1) is 0 Å². The summed E-state index contributed by atoms with van der Waals surface area (Å²) in [5.41, 5.74) is 0.595. The average Bonchev–Trinajstić information content (AvgIpc) is 2.92. The molecular formula is C21H30FN3O5S. The molecule has 1 aliphatic rings. The van der Waals surface area contributed by atoms with E-state index >= 15 is 0 Å². The van der Waals surface area contributed by atoms with E-state index < -0.39 is 34.0 Å². The molecule has 1 aromatic rings. The molecule has 0 radical (unpaired) electrons. The maximum Gasteiger partial charge on any atom is 0.325 e. The fourth-order valence-electron chi connectivity index (χ4n) is 2.92. The van der Waals surface area contributed by atoms with Crippen molar-refractivity contribution in [3.8, 4) is 5.75 Å². The molecule has 0 aromatic heterocycles. The minimum Gasteiger partial charge on any atom is -0.490 e. The van der Waals surface area contributed by atoms with Gasteiger partial charge in [0, 0.05) is 12.6 Å². The van der Waals surface area contributed by atoms with Crippen LogP contribution in [0.3, 0.4) is 0 Å². The second kappa shape index (κ2) is 10.7. The number of hydrogen-bond acceptors (Lipinski definition) is 5. The predicted octanol–water partition coefficient (Wildman–Crippen LogP) is 2.73. The highest BCUT2D eigenvalue weighted by Gasteiger charge is 2.33. The van der Waals surface area contributed by atoms with E-state index in [1.165, 1.54) is 23.1 Å². The molecule has 1 aliphatic heterocycles. The van der Waals surface area contributed by atoms with Crippen LogP contribution >= 0.6 is 0 Å². The highest BCUT2D eigenvalue weighted by atomic mass is 32.2. The molecule has 1 unspecified atom stereocenters.